The lowest BCUT2D eigenvalue weighted by Gasteiger charge is -2.22. The van der Waals surface area contributed by atoms with Crippen LogP contribution in [-0.2, 0) is 49.6 Å². The van der Waals surface area contributed by atoms with Gasteiger partial charge in [-0.15, -0.1) is 0 Å². The second kappa shape index (κ2) is 31.2. The quantitative estimate of drug-likeness (QED) is 0.0215. The number of unbranched alkanes of at least 4 members (excludes halogenated alkanes) is 2. The molecular weight excluding hydrogens is 847 g/mol. The molecule has 17 nitrogen and oxygen atoms in total. The maximum absolute atomic E-state index is 13.0. The maximum atomic E-state index is 13.0. The zero-order valence-corrected chi connectivity index (χ0v) is 39.4. The van der Waals surface area contributed by atoms with Crippen molar-refractivity contribution in [3.8, 4) is 0 Å². The van der Waals surface area contributed by atoms with E-state index in [0.29, 0.717) is 51.6 Å². The summed E-state index contributed by atoms with van der Waals surface area (Å²) in [4.78, 5) is 92.4. The van der Waals surface area contributed by atoms with Crippen molar-refractivity contribution >= 4 is 58.1 Å². The number of ether oxygens (including phenoxy) is 3. The molecule has 5 N–H and O–H groups in total. The van der Waals surface area contributed by atoms with E-state index >= 15 is 0 Å². The first-order valence-electron chi connectivity index (χ1n) is 23.2. The Labute approximate surface area is 389 Å². The molecule has 2 amide bonds. The van der Waals surface area contributed by atoms with Crippen molar-refractivity contribution in [3.63, 3.8) is 0 Å². The molecule has 0 fully saturated rings. The number of carbonyl (C=O) groups is 7. The van der Waals surface area contributed by atoms with E-state index in [1.807, 2.05) is 25.3 Å². The van der Waals surface area contributed by atoms with Crippen LogP contribution in [0.3, 0.4) is 0 Å². The van der Waals surface area contributed by atoms with E-state index in [0.717, 1.165) is 48.1 Å². The summed E-state index contributed by atoms with van der Waals surface area (Å²) in [6.07, 6.45) is 5.64. The van der Waals surface area contributed by atoms with Gasteiger partial charge in [-0.1, -0.05) is 49.4 Å². The van der Waals surface area contributed by atoms with Crippen molar-refractivity contribution in [2.75, 3.05) is 51.8 Å². The van der Waals surface area contributed by atoms with E-state index in [4.69, 9.17) is 9.47 Å². The van der Waals surface area contributed by atoms with Crippen LogP contribution in [0, 0.1) is 6.92 Å². The highest BCUT2D eigenvalue weighted by atomic mass is 16.7. The number of Topliss-reactive ketones (excluding diaryl/α,β-unsaturated/α-hetero) is 2. The summed E-state index contributed by atoms with van der Waals surface area (Å²) in [5.41, 5.74) is 3.94. The Bertz CT molecular complexity index is 2000. The predicted octanol–water partition coefficient (Wildman–Crippen LogP) is 5.66. The predicted molar refractivity (Wildman–Crippen MR) is 252 cm³/mol. The van der Waals surface area contributed by atoms with Crippen molar-refractivity contribution in [2.45, 2.75) is 129 Å². The molecule has 1 aromatic heterocycles. The number of rotatable bonds is 33. The minimum atomic E-state index is -1.13. The van der Waals surface area contributed by atoms with Crippen LogP contribution < -0.4 is 26.6 Å². The zero-order valence-electron chi connectivity index (χ0n) is 39.4. The number of nitrogens with one attached hydrogen (secondary N) is 5. The Morgan fingerprint density at radius 1 is 0.758 bits per heavy atom. The smallest absolute Gasteiger partial charge is 0.449 e. The van der Waals surface area contributed by atoms with Crippen LogP contribution >= 0.6 is 0 Å². The molecular formula is C49H71N7O10. The van der Waals surface area contributed by atoms with Crippen molar-refractivity contribution in [3.05, 3.63) is 71.9 Å². The van der Waals surface area contributed by atoms with Crippen molar-refractivity contribution in [2.24, 2.45) is 0 Å². The molecule has 0 aliphatic heterocycles. The number of ketones is 2. The van der Waals surface area contributed by atoms with Gasteiger partial charge in [-0.05, 0) is 109 Å². The van der Waals surface area contributed by atoms with E-state index in [1.54, 1.807) is 31.3 Å². The number of pyridine rings is 1. The van der Waals surface area contributed by atoms with Crippen molar-refractivity contribution in [1.29, 1.82) is 0 Å². The Morgan fingerprint density at radius 2 is 1.42 bits per heavy atom. The van der Waals surface area contributed by atoms with Crippen LogP contribution in [0.5, 0.6) is 0 Å². The second-order valence-corrected chi connectivity index (χ2v) is 16.5. The van der Waals surface area contributed by atoms with Gasteiger partial charge in [0, 0.05) is 55.8 Å². The van der Waals surface area contributed by atoms with Crippen molar-refractivity contribution in [1.82, 2.24) is 31.2 Å². The third-order valence-corrected chi connectivity index (χ3v) is 11.0. The summed E-state index contributed by atoms with van der Waals surface area (Å²) in [6.45, 7) is 10.1. The molecule has 0 radical (unpaired) electrons. The summed E-state index contributed by atoms with van der Waals surface area (Å²) in [6, 6.07) is 16.5. The highest BCUT2D eigenvalue weighted by Crippen LogP contribution is 2.23. The molecule has 0 bridgehead atoms. The van der Waals surface area contributed by atoms with Crippen LogP contribution in [0.25, 0.3) is 10.9 Å². The molecule has 1 heterocycles. The molecule has 3 aromatic rings. The van der Waals surface area contributed by atoms with Gasteiger partial charge in [0.2, 0.25) is 11.8 Å². The minimum absolute atomic E-state index is 0.00649. The Kier molecular flexibility index (Phi) is 25.8. The molecule has 0 aliphatic carbocycles. The lowest BCUT2D eigenvalue weighted by molar-refractivity contribution is -0.149. The van der Waals surface area contributed by atoms with Gasteiger partial charge in [0.25, 0.3) is 0 Å². The van der Waals surface area contributed by atoms with Crippen LogP contribution in [0.15, 0.2) is 60.8 Å². The number of hydrogen-bond acceptors (Lipinski definition) is 15. The molecule has 0 spiro atoms. The first-order valence-corrected chi connectivity index (χ1v) is 23.2. The molecule has 2 aromatic carbocycles. The monoisotopic (exact) mass is 918 g/mol. The first-order chi connectivity index (χ1) is 31.8. The van der Waals surface area contributed by atoms with E-state index in [2.05, 4.69) is 73.3 Å². The number of benzene rings is 2. The third-order valence-electron chi connectivity index (χ3n) is 11.0. The molecule has 362 valence electrons. The van der Waals surface area contributed by atoms with Gasteiger partial charge in [-0.2, -0.15) is 0 Å². The molecule has 66 heavy (non-hydrogen) atoms. The molecule has 0 saturated carbocycles. The van der Waals surface area contributed by atoms with E-state index in [1.165, 1.54) is 12.5 Å². The van der Waals surface area contributed by atoms with Gasteiger partial charge in [-0.3, -0.25) is 38.7 Å². The van der Waals surface area contributed by atoms with Gasteiger partial charge in [0.05, 0.1) is 37.0 Å². The van der Waals surface area contributed by atoms with Crippen LogP contribution in [0.1, 0.15) is 109 Å². The lowest BCUT2D eigenvalue weighted by Crippen LogP contribution is -2.45. The average Bonchev–Trinajstić information content (AvgIpc) is 3.30. The molecule has 3 rings (SSSR count). The molecule has 3 unspecified atom stereocenters. The summed E-state index contributed by atoms with van der Waals surface area (Å²) >= 11 is 0. The highest BCUT2D eigenvalue weighted by molar-refractivity contribution is 5.91. The Morgan fingerprint density at radius 3 is 2.08 bits per heavy atom. The number of fused-ring (bicyclic) bond motifs is 1. The largest absolute Gasteiger partial charge is 0.516 e. The second-order valence-electron chi connectivity index (χ2n) is 16.5. The topological polar surface area (TPSA) is 223 Å². The number of likely N-dealkylation sites (N-methyl/N-ethyl adjacent to an activating group) is 1. The van der Waals surface area contributed by atoms with Crippen molar-refractivity contribution < 1.29 is 47.8 Å². The van der Waals surface area contributed by atoms with Crippen LogP contribution in [-0.4, -0.2) is 116 Å². The third kappa shape index (κ3) is 22.4. The maximum Gasteiger partial charge on any atom is 0.516 e. The van der Waals surface area contributed by atoms with Gasteiger partial charge < -0.3 is 40.8 Å². The molecule has 3 atom stereocenters. The number of nitrogens with zero attached hydrogens (tertiary/aromatic N) is 2. The van der Waals surface area contributed by atoms with E-state index in [-0.39, 0.29) is 75.0 Å². The summed E-state index contributed by atoms with van der Waals surface area (Å²) < 4.78 is 15.0. The minimum Gasteiger partial charge on any atom is -0.449 e. The molecule has 17 heteroatoms. The standard InChI is InChI=1S/C49H71N7O10/c1-6-56(30-14-15-36(3)55-41-26-29-51-43-31-35(2)20-21-39(41)43)34-65-47(61)24-22-45(59)52-28-13-11-19-42(50-5)44(58)32-54-40(37(4)57)18-10-12-27-53-46(60)23-25-48(62)66-49(63)64-33-38-16-8-7-9-17-38/h7-9,16-17,20-21,26,29,31,36,40,42,50,54H,6,10-15,18-19,22-25,27-28,30,32-34H2,1-5H3,(H,51,55)(H,52,59)(H,53,60). The SMILES string of the molecule is CCN(CCCC(C)Nc1ccnc2cc(C)ccc12)COC(=O)CCC(=O)NCCCCC(NC)C(=O)CNC(CCCCNC(=O)CCC(=O)OC(=O)OCc1ccccc1)C(C)=O. The number of hydrogen-bond donors (Lipinski definition) is 5. The van der Waals surface area contributed by atoms with Gasteiger partial charge in [-0.25, -0.2) is 4.79 Å². The summed E-state index contributed by atoms with van der Waals surface area (Å²) in [5.74, 6) is -2.09. The van der Waals surface area contributed by atoms with Gasteiger partial charge in [0.1, 0.15) is 19.1 Å². The average molecular weight is 918 g/mol. The van der Waals surface area contributed by atoms with Crippen LogP contribution in [0.4, 0.5) is 10.5 Å². The molecule has 0 saturated heterocycles. The Balaban J connectivity index is 1.19. The number of aryl methyl sites for hydroxylation is 1. The summed E-state index contributed by atoms with van der Waals surface area (Å²) in [7, 11) is 1.70. The number of carbonyl (C=O) groups excluding carboxylic acids is 7. The summed E-state index contributed by atoms with van der Waals surface area (Å²) in [5, 5.41) is 16.4. The number of amides is 2. The highest BCUT2D eigenvalue weighted by Gasteiger charge is 2.20. The van der Waals surface area contributed by atoms with Gasteiger partial charge >= 0.3 is 18.1 Å². The number of esters is 2. The zero-order chi connectivity index (χ0) is 48.1. The van der Waals surface area contributed by atoms with E-state index < -0.39 is 30.2 Å². The Hall–Kier alpha value is -5.78. The lowest BCUT2D eigenvalue weighted by atomic mass is 10.0. The number of aromatic nitrogens is 1. The fourth-order valence-corrected chi connectivity index (χ4v) is 7.05. The number of anilines is 1. The van der Waals surface area contributed by atoms with Gasteiger partial charge in [0.15, 0.2) is 5.78 Å². The van der Waals surface area contributed by atoms with E-state index in [9.17, 15) is 33.6 Å². The fourth-order valence-electron chi connectivity index (χ4n) is 7.05. The van der Waals surface area contributed by atoms with Crippen LogP contribution in [0.2, 0.25) is 0 Å². The molecule has 0 aliphatic rings. The first kappa shape index (κ1) is 54.6. The fraction of sp³-hybridized carbons (Fsp3) is 0.551. The normalized spacial score (nSPS) is 12.5.